The number of alkyl halides is 2. The molecule has 4 rings (SSSR count). The fourth-order valence-corrected chi connectivity index (χ4v) is 7.67. The van der Waals surface area contributed by atoms with Crippen molar-refractivity contribution in [2.24, 2.45) is 22.7 Å². The molecule has 0 aromatic rings. The number of carbonyl (C=O) groups excluding carboxylic acids is 3. The van der Waals surface area contributed by atoms with Crippen LogP contribution in [0.3, 0.4) is 0 Å². The second kappa shape index (κ2) is 7.69. The van der Waals surface area contributed by atoms with Crippen molar-refractivity contribution >= 4 is 39.9 Å². The average molecular weight is 546 g/mol. The Hall–Kier alpha value is -0.670. The number of ether oxygens (including phenoxy) is 2. The van der Waals surface area contributed by atoms with Gasteiger partial charge in [0.1, 0.15) is 16.3 Å². The van der Waals surface area contributed by atoms with Gasteiger partial charge in [0.15, 0.2) is 23.0 Å². The summed E-state index contributed by atoms with van der Waals surface area (Å²) in [5.41, 5.74) is -4.06. The summed E-state index contributed by atoms with van der Waals surface area (Å²) in [4.78, 5) is 39.0. The third-order valence-corrected chi connectivity index (χ3v) is 9.52. The van der Waals surface area contributed by atoms with Gasteiger partial charge >= 0.3 is 0 Å². The quantitative estimate of drug-likeness (QED) is 0.374. The minimum absolute atomic E-state index is 0.0250. The minimum Gasteiger partial charge on any atom is -0.370 e. The smallest absolute Gasteiger partial charge is 0.190 e. The second-order valence-electron chi connectivity index (χ2n) is 10.3. The fourth-order valence-electron chi connectivity index (χ4n) is 7.49. The van der Waals surface area contributed by atoms with Gasteiger partial charge in [-0.25, -0.2) is 4.39 Å². The molecule has 5 nitrogen and oxygen atoms in total. The minimum atomic E-state index is -2.00. The van der Waals surface area contributed by atoms with Crippen LogP contribution in [0.2, 0.25) is 0 Å². The molecule has 0 radical (unpaired) electrons. The molecule has 0 aromatic heterocycles. The SMILES string of the molecule is CO[C@]1(C(=O)COC(C)I)CC[C@H]2[C@@H]3CCC4=CC(=O)CC[C@]4(C)[C@@]3(F)C(=O)C[C@@]21C. The first-order chi connectivity index (χ1) is 14.5. The number of rotatable bonds is 5. The van der Waals surface area contributed by atoms with E-state index in [2.05, 4.69) is 22.6 Å². The molecule has 1 unspecified atom stereocenters. The lowest BCUT2D eigenvalue weighted by Crippen LogP contribution is -2.68. The van der Waals surface area contributed by atoms with Crippen LogP contribution in [-0.2, 0) is 23.9 Å². The first kappa shape index (κ1) is 23.5. The lowest BCUT2D eigenvalue weighted by atomic mass is 9.44. The molecule has 31 heavy (non-hydrogen) atoms. The van der Waals surface area contributed by atoms with Crippen LogP contribution in [-0.4, -0.2) is 46.4 Å². The van der Waals surface area contributed by atoms with Crippen LogP contribution in [0.15, 0.2) is 11.6 Å². The van der Waals surface area contributed by atoms with Crippen LogP contribution in [0.5, 0.6) is 0 Å². The molecule has 0 N–H and O–H groups in total. The molecule has 0 amide bonds. The van der Waals surface area contributed by atoms with Crippen LogP contribution < -0.4 is 0 Å². The van der Waals surface area contributed by atoms with E-state index in [1.54, 1.807) is 6.08 Å². The topological polar surface area (TPSA) is 69.7 Å². The summed E-state index contributed by atoms with van der Waals surface area (Å²) in [6.07, 6.45) is 4.47. The van der Waals surface area contributed by atoms with E-state index < -0.39 is 33.8 Å². The summed E-state index contributed by atoms with van der Waals surface area (Å²) in [5, 5.41) is 0. The summed E-state index contributed by atoms with van der Waals surface area (Å²) < 4.78 is 28.4. The van der Waals surface area contributed by atoms with Crippen LogP contribution in [0, 0.1) is 22.7 Å². The zero-order chi connectivity index (χ0) is 22.8. The first-order valence-corrected chi connectivity index (χ1v) is 12.5. The lowest BCUT2D eigenvalue weighted by Gasteiger charge is -2.60. The third kappa shape index (κ3) is 3.01. The maximum atomic E-state index is 17.0. The van der Waals surface area contributed by atoms with Gasteiger partial charge in [0.2, 0.25) is 0 Å². The predicted molar refractivity (Wildman–Crippen MR) is 122 cm³/mol. The van der Waals surface area contributed by atoms with Gasteiger partial charge in [-0.05, 0) is 51.0 Å². The van der Waals surface area contributed by atoms with E-state index in [4.69, 9.17) is 9.47 Å². The van der Waals surface area contributed by atoms with Crippen molar-refractivity contribution in [3.8, 4) is 0 Å². The molecular formula is C24H32FIO5. The van der Waals surface area contributed by atoms with Crippen molar-refractivity contribution in [1.29, 1.82) is 0 Å². The highest BCUT2D eigenvalue weighted by molar-refractivity contribution is 14.1. The van der Waals surface area contributed by atoms with Crippen molar-refractivity contribution < 1.29 is 28.2 Å². The summed E-state index contributed by atoms with van der Waals surface area (Å²) in [7, 11) is 1.52. The normalized spacial score (nSPS) is 45.4. The van der Waals surface area contributed by atoms with Crippen LogP contribution >= 0.6 is 22.6 Å². The van der Waals surface area contributed by atoms with Crippen LogP contribution in [0.4, 0.5) is 4.39 Å². The Morgan fingerprint density at radius 1 is 1.23 bits per heavy atom. The molecule has 3 saturated carbocycles. The number of methoxy groups -OCH3 is 1. The van der Waals surface area contributed by atoms with Crippen LogP contribution in [0.25, 0.3) is 0 Å². The monoisotopic (exact) mass is 546 g/mol. The molecule has 7 heteroatoms. The van der Waals surface area contributed by atoms with E-state index in [0.29, 0.717) is 32.1 Å². The highest BCUT2D eigenvalue weighted by Gasteiger charge is 2.75. The van der Waals surface area contributed by atoms with Gasteiger partial charge in [-0.3, -0.25) is 14.4 Å². The number of allylic oxidation sites excluding steroid dienone is 1. The molecular weight excluding hydrogens is 514 g/mol. The Kier molecular flexibility index (Phi) is 5.83. The van der Waals surface area contributed by atoms with E-state index in [1.807, 2.05) is 20.8 Å². The molecule has 3 fully saturated rings. The molecule has 0 bridgehead atoms. The lowest BCUT2D eigenvalue weighted by molar-refractivity contribution is -0.193. The number of ketones is 3. The maximum absolute atomic E-state index is 17.0. The van der Waals surface area contributed by atoms with Crippen molar-refractivity contribution in [2.75, 3.05) is 13.7 Å². The summed E-state index contributed by atoms with van der Waals surface area (Å²) in [6.45, 7) is 5.55. The van der Waals surface area contributed by atoms with Gasteiger partial charge in [0, 0.05) is 36.7 Å². The molecule has 172 valence electrons. The second-order valence-corrected chi connectivity index (χ2v) is 12.1. The molecule has 0 saturated heterocycles. The van der Waals surface area contributed by atoms with E-state index >= 15 is 4.39 Å². The summed E-state index contributed by atoms with van der Waals surface area (Å²) in [6, 6.07) is 0. The summed E-state index contributed by atoms with van der Waals surface area (Å²) >= 11 is 2.10. The highest BCUT2D eigenvalue weighted by Crippen LogP contribution is 2.69. The zero-order valence-electron chi connectivity index (χ0n) is 18.8. The zero-order valence-corrected chi connectivity index (χ0v) is 20.9. The summed E-state index contributed by atoms with van der Waals surface area (Å²) in [5.74, 6) is -1.17. The third-order valence-electron chi connectivity index (χ3n) is 9.16. The molecule has 4 aliphatic rings. The number of Topliss-reactive ketones (excluding diaryl/α,β-unsaturated/α-hetero) is 2. The van der Waals surface area contributed by atoms with Crippen molar-refractivity contribution in [3.05, 3.63) is 11.6 Å². The molecule has 0 heterocycles. The van der Waals surface area contributed by atoms with E-state index in [-0.39, 0.29) is 41.0 Å². The molecule has 0 aromatic carbocycles. The fraction of sp³-hybridized carbons (Fsp3) is 0.792. The largest absolute Gasteiger partial charge is 0.370 e. The molecule has 4 aliphatic carbocycles. The van der Waals surface area contributed by atoms with Gasteiger partial charge < -0.3 is 9.47 Å². The van der Waals surface area contributed by atoms with Gasteiger partial charge in [-0.1, -0.05) is 42.0 Å². The number of halogens is 2. The Morgan fingerprint density at radius 3 is 2.58 bits per heavy atom. The average Bonchev–Trinajstić information content (AvgIpc) is 3.00. The van der Waals surface area contributed by atoms with E-state index in [9.17, 15) is 14.4 Å². The first-order valence-electron chi connectivity index (χ1n) is 11.3. The Morgan fingerprint density at radius 2 is 1.94 bits per heavy atom. The number of carbonyl (C=O) groups is 3. The molecule has 0 aliphatic heterocycles. The number of hydrogen-bond donors (Lipinski definition) is 0. The molecule has 0 spiro atoms. The van der Waals surface area contributed by atoms with Crippen molar-refractivity contribution in [2.45, 2.75) is 81.1 Å². The number of hydrogen-bond acceptors (Lipinski definition) is 5. The van der Waals surface area contributed by atoms with Gasteiger partial charge in [0.25, 0.3) is 0 Å². The van der Waals surface area contributed by atoms with Gasteiger partial charge in [0.05, 0.1) is 0 Å². The standard InChI is InChI=1S/C24H32FIO5/c1-14(26)31-13-20(29)23(30-4)10-8-17-18-6-5-15-11-16(27)7-9-21(15,2)24(18,25)19(28)12-22(17,23)3/h11,14,17-18H,5-10,12-13H2,1-4H3/t14?,17-,18-,21-,22-,23-,24-/m0/s1. The van der Waals surface area contributed by atoms with Crippen LogP contribution in [0.1, 0.15) is 65.7 Å². The van der Waals surface area contributed by atoms with Crippen molar-refractivity contribution in [3.63, 3.8) is 0 Å². The Balaban J connectivity index is 1.74. The van der Waals surface area contributed by atoms with E-state index in [0.717, 1.165) is 5.57 Å². The maximum Gasteiger partial charge on any atom is 0.190 e. The Bertz CT molecular complexity index is 855. The highest BCUT2D eigenvalue weighted by atomic mass is 127. The van der Waals surface area contributed by atoms with E-state index in [1.165, 1.54) is 7.11 Å². The van der Waals surface area contributed by atoms with Gasteiger partial charge in [-0.15, -0.1) is 0 Å². The van der Waals surface area contributed by atoms with Gasteiger partial charge in [-0.2, -0.15) is 0 Å². The Labute approximate surface area is 197 Å². The predicted octanol–water partition coefficient (Wildman–Crippen LogP) is 4.54. The number of fused-ring (bicyclic) bond motifs is 5. The molecule has 7 atom stereocenters. The van der Waals surface area contributed by atoms with Crippen molar-refractivity contribution in [1.82, 2.24) is 0 Å².